The predicted molar refractivity (Wildman–Crippen MR) is 110 cm³/mol. The molecule has 1 aliphatic rings. The Kier molecular flexibility index (Phi) is 5.65. The van der Waals surface area contributed by atoms with Crippen molar-refractivity contribution in [3.63, 3.8) is 0 Å². The highest BCUT2D eigenvalue weighted by Crippen LogP contribution is 2.18. The lowest BCUT2D eigenvalue weighted by Crippen LogP contribution is -2.47. The van der Waals surface area contributed by atoms with Gasteiger partial charge in [-0.05, 0) is 30.3 Å². The molecule has 2 aromatic heterocycles. The van der Waals surface area contributed by atoms with Gasteiger partial charge in [0, 0.05) is 56.2 Å². The number of carbonyl (C=O) groups excluding carboxylic acids is 1. The molecule has 1 fully saturated rings. The molecular weight excluding hydrogens is 369 g/mol. The fourth-order valence-electron chi connectivity index (χ4n) is 3.36. The average molecular weight is 391 g/mol. The Morgan fingerprint density at radius 3 is 2.31 bits per heavy atom. The van der Waals surface area contributed by atoms with Crippen molar-refractivity contribution in [3.8, 4) is 0 Å². The van der Waals surface area contributed by atoms with Crippen molar-refractivity contribution < 1.29 is 9.18 Å². The van der Waals surface area contributed by atoms with E-state index in [4.69, 9.17) is 0 Å². The third-order valence-corrected chi connectivity index (χ3v) is 4.98. The van der Waals surface area contributed by atoms with E-state index in [9.17, 15) is 9.18 Å². The van der Waals surface area contributed by atoms with Crippen LogP contribution in [-0.2, 0) is 6.54 Å². The number of nitrogens with one attached hydrogen (secondary N) is 1. The Bertz CT molecular complexity index is 974. The van der Waals surface area contributed by atoms with Gasteiger partial charge < -0.3 is 15.1 Å². The van der Waals surface area contributed by atoms with E-state index in [-0.39, 0.29) is 18.3 Å². The molecule has 0 unspecified atom stereocenters. The van der Waals surface area contributed by atoms with Gasteiger partial charge in [0.25, 0.3) is 5.91 Å². The summed E-state index contributed by atoms with van der Waals surface area (Å²) in [6.45, 7) is 3.41. The lowest BCUT2D eigenvalue weighted by molar-refractivity contribution is 0.0950. The summed E-state index contributed by atoms with van der Waals surface area (Å²) in [5.74, 6) is 1.17. The molecule has 4 rings (SSSR count). The van der Waals surface area contributed by atoms with E-state index in [1.54, 1.807) is 42.7 Å². The van der Waals surface area contributed by atoms with E-state index in [2.05, 4.69) is 25.1 Å². The first-order valence-corrected chi connectivity index (χ1v) is 9.59. The Morgan fingerprint density at radius 1 is 0.897 bits per heavy atom. The van der Waals surface area contributed by atoms with Crippen LogP contribution in [0.5, 0.6) is 0 Å². The molecular formula is C22H22FN5O. The molecule has 6 nitrogen and oxygen atoms in total. The Morgan fingerprint density at radius 2 is 1.59 bits per heavy atom. The Hall–Kier alpha value is -3.48. The first-order valence-electron chi connectivity index (χ1n) is 9.59. The zero-order chi connectivity index (χ0) is 20.1. The van der Waals surface area contributed by atoms with Crippen LogP contribution in [0.4, 0.5) is 16.0 Å². The van der Waals surface area contributed by atoms with Crippen LogP contribution in [0.1, 0.15) is 15.9 Å². The summed E-state index contributed by atoms with van der Waals surface area (Å²) in [5, 5.41) is 2.77. The highest BCUT2D eigenvalue weighted by atomic mass is 19.1. The molecule has 1 amide bonds. The van der Waals surface area contributed by atoms with Crippen LogP contribution in [0, 0.1) is 5.82 Å². The van der Waals surface area contributed by atoms with Crippen LogP contribution in [0.2, 0.25) is 0 Å². The monoisotopic (exact) mass is 391 g/mol. The van der Waals surface area contributed by atoms with Crippen LogP contribution >= 0.6 is 0 Å². The lowest BCUT2D eigenvalue weighted by Gasteiger charge is -2.36. The number of benzene rings is 1. The van der Waals surface area contributed by atoms with Crippen LogP contribution in [0.25, 0.3) is 0 Å². The number of piperazine rings is 1. The molecule has 0 atom stereocenters. The van der Waals surface area contributed by atoms with Gasteiger partial charge >= 0.3 is 0 Å². The number of hydrogen-bond donors (Lipinski definition) is 1. The third kappa shape index (κ3) is 4.51. The molecule has 0 radical (unpaired) electrons. The van der Waals surface area contributed by atoms with Gasteiger partial charge in [0.1, 0.15) is 17.5 Å². The number of halogens is 1. The number of nitrogens with zero attached hydrogens (tertiary/aromatic N) is 4. The van der Waals surface area contributed by atoms with Gasteiger partial charge in [-0.2, -0.15) is 0 Å². The molecule has 0 spiro atoms. The maximum atomic E-state index is 13.7. The minimum atomic E-state index is -0.325. The lowest BCUT2D eigenvalue weighted by atomic mass is 10.2. The highest BCUT2D eigenvalue weighted by Gasteiger charge is 2.19. The minimum Gasteiger partial charge on any atom is -0.353 e. The van der Waals surface area contributed by atoms with E-state index in [1.807, 2.05) is 18.2 Å². The maximum Gasteiger partial charge on any atom is 0.251 e. The zero-order valence-electron chi connectivity index (χ0n) is 16.0. The summed E-state index contributed by atoms with van der Waals surface area (Å²) in [6.07, 6.45) is 3.44. The van der Waals surface area contributed by atoms with Crippen molar-refractivity contribution in [2.24, 2.45) is 0 Å². The van der Waals surface area contributed by atoms with E-state index < -0.39 is 0 Å². The van der Waals surface area contributed by atoms with Gasteiger partial charge in [-0.1, -0.05) is 24.3 Å². The second-order valence-electron chi connectivity index (χ2n) is 6.84. The average Bonchev–Trinajstić information content (AvgIpc) is 2.79. The molecule has 1 saturated heterocycles. The summed E-state index contributed by atoms with van der Waals surface area (Å²) >= 11 is 0. The van der Waals surface area contributed by atoms with Crippen LogP contribution < -0.4 is 15.1 Å². The van der Waals surface area contributed by atoms with E-state index in [0.29, 0.717) is 11.1 Å². The zero-order valence-corrected chi connectivity index (χ0v) is 16.0. The first kappa shape index (κ1) is 18.9. The van der Waals surface area contributed by atoms with Crippen molar-refractivity contribution >= 4 is 17.5 Å². The summed E-state index contributed by atoms with van der Waals surface area (Å²) in [5.41, 5.74) is 0.972. The third-order valence-electron chi connectivity index (χ3n) is 4.98. The Balaban J connectivity index is 1.37. The fourth-order valence-corrected chi connectivity index (χ4v) is 3.36. The quantitative estimate of drug-likeness (QED) is 0.725. The minimum absolute atomic E-state index is 0.145. The highest BCUT2D eigenvalue weighted by molar-refractivity contribution is 5.94. The van der Waals surface area contributed by atoms with Crippen LogP contribution in [0.3, 0.4) is 0 Å². The summed E-state index contributed by atoms with van der Waals surface area (Å²) < 4.78 is 13.7. The van der Waals surface area contributed by atoms with Gasteiger partial charge in [-0.15, -0.1) is 0 Å². The molecule has 0 saturated carbocycles. The van der Waals surface area contributed by atoms with Gasteiger partial charge in [0.2, 0.25) is 0 Å². The second kappa shape index (κ2) is 8.68. The number of carbonyl (C=O) groups is 1. The smallest absolute Gasteiger partial charge is 0.251 e. The van der Waals surface area contributed by atoms with Gasteiger partial charge in [-0.25, -0.2) is 14.4 Å². The molecule has 1 aromatic carbocycles. The van der Waals surface area contributed by atoms with E-state index in [1.165, 1.54) is 6.07 Å². The number of hydrogen-bond acceptors (Lipinski definition) is 5. The molecule has 29 heavy (non-hydrogen) atoms. The fraction of sp³-hybridized carbons (Fsp3) is 0.227. The molecule has 3 aromatic rings. The SMILES string of the molecule is O=C(NCc1ccccc1F)c1ccnc(N2CCN(c3ccccn3)CC2)c1. The van der Waals surface area contributed by atoms with Crippen LogP contribution in [-0.4, -0.2) is 42.1 Å². The summed E-state index contributed by atoms with van der Waals surface area (Å²) in [4.78, 5) is 25.7. The first-order chi connectivity index (χ1) is 14.2. The summed E-state index contributed by atoms with van der Waals surface area (Å²) in [7, 11) is 0. The number of amides is 1. The summed E-state index contributed by atoms with van der Waals surface area (Å²) in [6, 6.07) is 15.8. The van der Waals surface area contributed by atoms with E-state index >= 15 is 0 Å². The standard InChI is InChI=1S/C22H22FN5O/c23-19-6-2-1-5-18(19)16-26-22(29)17-8-10-25-21(15-17)28-13-11-27(12-14-28)20-7-3-4-9-24-20/h1-10,15H,11-14,16H2,(H,26,29). The topological polar surface area (TPSA) is 61.4 Å². The van der Waals surface area contributed by atoms with Crippen molar-refractivity contribution in [2.75, 3.05) is 36.0 Å². The van der Waals surface area contributed by atoms with Crippen molar-refractivity contribution in [1.29, 1.82) is 0 Å². The molecule has 0 aliphatic carbocycles. The molecule has 0 bridgehead atoms. The van der Waals surface area contributed by atoms with Crippen LogP contribution in [0.15, 0.2) is 67.0 Å². The number of pyridine rings is 2. The maximum absolute atomic E-state index is 13.7. The molecule has 1 aliphatic heterocycles. The Labute approximate surface area is 169 Å². The van der Waals surface area contributed by atoms with Crippen molar-refractivity contribution in [1.82, 2.24) is 15.3 Å². The molecule has 148 valence electrons. The second-order valence-corrected chi connectivity index (χ2v) is 6.84. The van der Waals surface area contributed by atoms with Gasteiger partial charge in [0.15, 0.2) is 0 Å². The molecule has 1 N–H and O–H groups in total. The van der Waals surface area contributed by atoms with Crippen molar-refractivity contribution in [3.05, 3.63) is 83.9 Å². The van der Waals surface area contributed by atoms with Crippen molar-refractivity contribution in [2.45, 2.75) is 6.54 Å². The molecule has 7 heteroatoms. The largest absolute Gasteiger partial charge is 0.353 e. The van der Waals surface area contributed by atoms with Gasteiger partial charge in [-0.3, -0.25) is 4.79 Å². The van der Waals surface area contributed by atoms with Gasteiger partial charge in [0.05, 0.1) is 0 Å². The number of anilines is 2. The predicted octanol–water partition coefficient (Wildman–Crippen LogP) is 2.87. The normalized spacial score (nSPS) is 14.0. The number of aromatic nitrogens is 2. The van der Waals surface area contributed by atoms with E-state index in [0.717, 1.165) is 37.8 Å². The molecule has 3 heterocycles. The number of rotatable bonds is 5.